The molecule has 3 nitrogen and oxygen atoms in total. The minimum atomic E-state index is 0.324. The van der Waals surface area contributed by atoms with Crippen molar-refractivity contribution in [2.75, 3.05) is 6.54 Å². The SMILES string of the molecule is NC(=S)N1CCCCC1c1cccnc1. The molecule has 1 saturated heterocycles. The molecule has 0 radical (unpaired) electrons. The normalized spacial score (nSPS) is 21.3. The van der Waals surface area contributed by atoms with E-state index in [1.54, 1.807) is 6.20 Å². The monoisotopic (exact) mass is 221 g/mol. The third-order valence-electron chi connectivity index (χ3n) is 2.86. The molecule has 1 atom stereocenters. The zero-order chi connectivity index (χ0) is 10.7. The van der Waals surface area contributed by atoms with Crippen LogP contribution >= 0.6 is 12.2 Å². The smallest absolute Gasteiger partial charge is 0.166 e. The molecule has 1 aliphatic rings. The van der Waals surface area contributed by atoms with Crippen LogP contribution in [0.2, 0.25) is 0 Å². The van der Waals surface area contributed by atoms with Gasteiger partial charge in [0.25, 0.3) is 0 Å². The first-order valence-electron chi connectivity index (χ1n) is 5.25. The van der Waals surface area contributed by atoms with Crippen LogP contribution in [-0.2, 0) is 0 Å². The molecule has 2 N–H and O–H groups in total. The van der Waals surface area contributed by atoms with Gasteiger partial charge in [-0.1, -0.05) is 6.07 Å². The second kappa shape index (κ2) is 4.57. The Morgan fingerprint density at radius 1 is 1.53 bits per heavy atom. The van der Waals surface area contributed by atoms with Gasteiger partial charge in [0.2, 0.25) is 0 Å². The standard InChI is InChI=1S/C11H15N3S/c12-11(15)14-7-2-1-5-10(14)9-4-3-6-13-8-9/h3-4,6,8,10H,1-2,5,7H2,(H2,12,15). The van der Waals surface area contributed by atoms with Gasteiger partial charge in [0.1, 0.15) is 0 Å². The van der Waals surface area contributed by atoms with Crippen molar-refractivity contribution in [3.63, 3.8) is 0 Å². The van der Waals surface area contributed by atoms with E-state index in [1.165, 1.54) is 18.4 Å². The molecule has 1 aromatic rings. The second-order valence-corrected chi connectivity index (χ2v) is 4.25. The van der Waals surface area contributed by atoms with Gasteiger partial charge in [-0.3, -0.25) is 4.98 Å². The quantitative estimate of drug-likeness (QED) is 0.735. The van der Waals surface area contributed by atoms with Gasteiger partial charge in [-0.25, -0.2) is 0 Å². The number of rotatable bonds is 1. The first-order valence-corrected chi connectivity index (χ1v) is 5.66. The molecule has 80 valence electrons. The lowest BCUT2D eigenvalue weighted by molar-refractivity contribution is 0.246. The first-order chi connectivity index (χ1) is 7.29. The summed E-state index contributed by atoms with van der Waals surface area (Å²) in [4.78, 5) is 6.25. The zero-order valence-electron chi connectivity index (χ0n) is 8.60. The van der Waals surface area contributed by atoms with E-state index < -0.39 is 0 Å². The summed E-state index contributed by atoms with van der Waals surface area (Å²) in [7, 11) is 0. The van der Waals surface area contributed by atoms with Crippen molar-refractivity contribution in [2.45, 2.75) is 25.3 Å². The second-order valence-electron chi connectivity index (χ2n) is 3.83. The molecular formula is C11H15N3S. The van der Waals surface area contributed by atoms with Crippen LogP contribution in [0.25, 0.3) is 0 Å². The van der Waals surface area contributed by atoms with E-state index in [0.717, 1.165) is 13.0 Å². The molecule has 15 heavy (non-hydrogen) atoms. The minimum absolute atomic E-state index is 0.324. The molecular weight excluding hydrogens is 206 g/mol. The van der Waals surface area contributed by atoms with Crippen molar-refractivity contribution in [3.8, 4) is 0 Å². The minimum Gasteiger partial charge on any atom is -0.376 e. The molecule has 2 rings (SSSR count). The lowest BCUT2D eigenvalue weighted by Crippen LogP contribution is -2.41. The molecule has 1 fully saturated rings. The van der Waals surface area contributed by atoms with Crippen molar-refractivity contribution >= 4 is 17.3 Å². The maximum atomic E-state index is 5.73. The fraction of sp³-hybridized carbons (Fsp3) is 0.455. The van der Waals surface area contributed by atoms with Crippen molar-refractivity contribution in [2.24, 2.45) is 5.73 Å². The molecule has 0 aliphatic carbocycles. The highest BCUT2D eigenvalue weighted by Gasteiger charge is 2.24. The molecule has 4 heteroatoms. The van der Waals surface area contributed by atoms with Gasteiger partial charge in [-0.15, -0.1) is 0 Å². The van der Waals surface area contributed by atoms with Crippen LogP contribution in [0.4, 0.5) is 0 Å². The highest BCUT2D eigenvalue weighted by molar-refractivity contribution is 7.80. The third-order valence-corrected chi connectivity index (χ3v) is 3.09. The molecule has 0 aromatic carbocycles. The van der Waals surface area contributed by atoms with E-state index in [-0.39, 0.29) is 0 Å². The average Bonchev–Trinajstić information content (AvgIpc) is 2.30. The zero-order valence-corrected chi connectivity index (χ0v) is 9.41. The molecule has 1 aliphatic heterocycles. The Morgan fingerprint density at radius 3 is 3.07 bits per heavy atom. The molecule has 0 bridgehead atoms. The number of pyridine rings is 1. The fourth-order valence-electron chi connectivity index (χ4n) is 2.11. The van der Waals surface area contributed by atoms with Gasteiger partial charge in [0, 0.05) is 18.9 Å². The Bertz CT molecular complexity index is 339. The summed E-state index contributed by atoms with van der Waals surface area (Å²) in [5, 5.41) is 0.503. The van der Waals surface area contributed by atoms with Gasteiger partial charge in [-0.2, -0.15) is 0 Å². The number of likely N-dealkylation sites (tertiary alicyclic amines) is 1. The van der Waals surface area contributed by atoms with Gasteiger partial charge in [0.15, 0.2) is 5.11 Å². The van der Waals surface area contributed by atoms with Crippen molar-refractivity contribution in [1.82, 2.24) is 9.88 Å². The van der Waals surface area contributed by atoms with Crippen LogP contribution in [0, 0.1) is 0 Å². The third kappa shape index (κ3) is 2.26. The Labute approximate surface area is 95.3 Å². The van der Waals surface area contributed by atoms with E-state index >= 15 is 0 Å². The van der Waals surface area contributed by atoms with Crippen LogP contribution in [0.1, 0.15) is 30.9 Å². The Balaban J connectivity index is 2.22. The van der Waals surface area contributed by atoms with Crippen LogP contribution in [0.15, 0.2) is 24.5 Å². The van der Waals surface area contributed by atoms with Gasteiger partial charge in [-0.05, 0) is 43.1 Å². The lowest BCUT2D eigenvalue weighted by atomic mass is 9.97. The number of hydrogen-bond donors (Lipinski definition) is 1. The van der Waals surface area contributed by atoms with Gasteiger partial charge < -0.3 is 10.6 Å². The molecule has 2 heterocycles. The largest absolute Gasteiger partial charge is 0.376 e. The molecule has 1 aromatic heterocycles. The summed E-state index contributed by atoms with van der Waals surface area (Å²) < 4.78 is 0. The summed E-state index contributed by atoms with van der Waals surface area (Å²) in [6.07, 6.45) is 7.22. The molecule has 1 unspecified atom stereocenters. The number of nitrogens with zero attached hydrogens (tertiary/aromatic N) is 2. The summed E-state index contributed by atoms with van der Waals surface area (Å²) in [6.45, 7) is 0.967. The topological polar surface area (TPSA) is 42.1 Å². The first kappa shape index (κ1) is 10.4. The predicted molar refractivity (Wildman–Crippen MR) is 64.3 cm³/mol. The van der Waals surface area contributed by atoms with Crippen molar-refractivity contribution in [3.05, 3.63) is 30.1 Å². The van der Waals surface area contributed by atoms with Gasteiger partial charge >= 0.3 is 0 Å². The highest BCUT2D eigenvalue weighted by Crippen LogP contribution is 2.29. The van der Waals surface area contributed by atoms with E-state index in [4.69, 9.17) is 18.0 Å². The van der Waals surface area contributed by atoms with Crippen LogP contribution in [0.5, 0.6) is 0 Å². The van der Waals surface area contributed by atoms with Crippen LogP contribution in [0.3, 0.4) is 0 Å². The fourth-order valence-corrected chi connectivity index (χ4v) is 2.33. The van der Waals surface area contributed by atoms with Crippen LogP contribution in [-0.4, -0.2) is 21.5 Å². The van der Waals surface area contributed by atoms with Gasteiger partial charge in [0.05, 0.1) is 6.04 Å². The Kier molecular flexibility index (Phi) is 3.16. The average molecular weight is 221 g/mol. The highest BCUT2D eigenvalue weighted by atomic mass is 32.1. The Morgan fingerprint density at radius 2 is 2.40 bits per heavy atom. The molecule has 0 spiro atoms. The number of nitrogens with two attached hydrogens (primary N) is 1. The van der Waals surface area contributed by atoms with E-state index in [2.05, 4.69) is 16.0 Å². The number of hydrogen-bond acceptors (Lipinski definition) is 2. The summed E-state index contributed by atoms with van der Waals surface area (Å²) in [5.41, 5.74) is 6.94. The molecule has 0 amide bonds. The summed E-state index contributed by atoms with van der Waals surface area (Å²) in [5.74, 6) is 0. The number of aromatic nitrogens is 1. The number of piperidine rings is 1. The lowest BCUT2D eigenvalue weighted by Gasteiger charge is -2.36. The summed E-state index contributed by atoms with van der Waals surface area (Å²) in [6, 6.07) is 4.38. The number of thiocarbonyl (C=S) groups is 1. The predicted octanol–water partition coefficient (Wildman–Crippen LogP) is 1.85. The summed E-state index contributed by atoms with van der Waals surface area (Å²) >= 11 is 5.08. The van der Waals surface area contributed by atoms with E-state index in [9.17, 15) is 0 Å². The van der Waals surface area contributed by atoms with Crippen molar-refractivity contribution < 1.29 is 0 Å². The Hall–Kier alpha value is -1.16. The van der Waals surface area contributed by atoms with E-state index in [0.29, 0.717) is 11.2 Å². The van der Waals surface area contributed by atoms with Crippen molar-refractivity contribution in [1.29, 1.82) is 0 Å². The van der Waals surface area contributed by atoms with Crippen LogP contribution < -0.4 is 5.73 Å². The maximum absolute atomic E-state index is 5.73. The maximum Gasteiger partial charge on any atom is 0.166 e. The molecule has 0 saturated carbocycles. The van der Waals surface area contributed by atoms with E-state index in [1.807, 2.05) is 12.3 Å².